The first-order chi connectivity index (χ1) is 6.60. The van der Waals surface area contributed by atoms with Crippen LogP contribution in [0.25, 0.3) is 0 Å². The fourth-order valence-corrected chi connectivity index (χ4v) is 3.30. The number of nitrogens with one attached hydrogen (secondary N) is 1. The summed E-state index contributed by atoms with van der Waals surface area (Å²) in [7, 11) is -3.40. The van der Waals surface area contributed by atoms with Crippen molar-refractivity contribution >= 4 is 21.4 Å². The van der Waals surface area contributed by atoms with Crippen molar-refractivity contribution in [3.63, 3.8) is 0 Å². The Morgan fingerprint density at radius 3 is 2.71 bits per heavy atom. The average Bonchev–Trinajstić information content (AvgIpc) is 2.63. The SMILES string of the molecule is CCc1ccc(S(=O)(=O)NCCO)s1. The van der Waals surface area contributed by atoms with Gasteiger partial charge < -0.3 is 5.11 Å². The van der Waals surface area contributed by atoms with Crippen molar-refractivity contribution in [2.45, 2.75) is 17.6 Å². The van der Waals surface area contributed by atoms with Crippen molar-refractivity contribution in [1.82, 2.24) is 4.72 Å². The van der Waals surface area contributed by atoms with Crippen molar-refractivity contribution < 1.29 is 13.5 Å². The minimum atomic E-state index is -3.40. The first-order valence-corrected chi connectivity index (χ1v) is 6.59. The lowest BCUT2D eigenvalue weighted by atomic mass is 10.4. The van der Waals surface area contributed by atoms with E-state index in [1.165, 1.54) is 11.3 Å². The van der Waals surface area contributed by atoms with Gasteiger partial charge in [0.2, 0.25) is 10.0 Å². The topological polar surface area (TPSA) is 66.4 Å². The number of rotatable bonds is 5. The number of hydrogen-bond acceptors (Lipinski definition) is 4. The van der Waals surface area contributed by atoms with Gasteiger partial charge in [0, 0.05) is 11.4 Å². The van der Waals surface area contributed by atoms with Crippen molar-refractivity contribution in [1.29, 1.82) is 0 Å². The van der Waals surface area contributed by atoms with Crippen LogP contribution >= 0.6 is 11.3 Å². The summed E-state index contributed by atoms with van der Waals surface area (Å²) >= 11 is 1.26. The molecular weight excluding hydrogens is 222 g/mol. The van der Waals surface area contributed by atoms with Gasteiger partial charge in [-0.2, -0.15) is 0 Å². The van der Waals surface area contributed by atoms with E-state index in [1.807, 2.05) is 6.92 Å². The van der Waals surface area contributed by atoms with E-state index in [1.54, 1.807) is 12.1 Å². The highest BCUT2D eigenvalue weighted by Crippen LogP contribution is 2.21. The maximum Gasteiger partial charge on any atom is 0.250 e. The molecule has 0 aliphatic rings. The standard InChI is InChI=1S/C8H13NO3S2/c1-2-7-3-4-8(13-7)14(11,12)9-5-6-10/h3-4,9-10H,2,5-6H2,1H3. The molecule has 0 radical (unpaired) electrons. The number of aryl methyl sites for hydroxylation is 1. The van der Waals surface area contributed by atoms with Gasteiger partial charge in [-0.15, -0.1) is 11.3 Å². The molecule has 0 aromatic carbocycles. The highest BCUT2D eigenvalue weighted by molar-refractivity contribution is 7.91. The van der Waals surface area contributed by atoms with E-state index >= 15 is 0 Å². The molecule has 6 heteroatoms. The summed E-state index contributed by atoms with van der Waals surface area (Å²) in [4.78, 5) is 1.04. The van der Waals surface area contributed by atoms with Crippen molar-refractivity contribution in [2.24, 2.45) is 0 Å². The summed E-state index contributed by atoms with van der Waals surface area (Å²) in [6.07, 6.45) is 0.834. The first kappa shape index (κ1) is 11.6. The van der Waals surface area contributed by atoms with Crippen molar-refractivity contribution in [2.75, 3.05) is 13.2 Å². The summed E-state index contributed by atoms with van der Waals surface area (Å²) in [5.74, 6) is 0. The Balaban J connectivity index is 2.81. The second-order valence-corrected chi connectivity index (χ2v) is 5.86. The molecule has 14 heavy (non-hydrogen) atoms. The lowest BCUT2D eigenvalue weighted by molar-refractivity contribution is 0.301. The molecule has 0 bridgehead atoms. The van der Waals surface area contributed by atoms with E-state index < -0.39 is 10.0 Å². The third-order valence-electron chi connectivity index (χ3n) is 1.65. The Bertz CT molecular complexity index is 383. The maximum atomic E-state index is 11.5. The molecule has 4 nitrogen and oxygen atoms in total. The van der Waals surface area contributed by atoms with Gasteiger partial charge in [-0.3, -0.25) is 0 Å². The molecule has 1 aromatic heterocycles. The molecule has 2 N–H and O–H groups in total. The van der Waals surface area contributed by atoms with Gasteiger partial charge in [0.25, 0.3) is 0 Å². The largest absolute Gasteiger partial charge is 0.395 e. The van der Waals surface area contributed by atoms with Gasteiger partial charge >= 0.3 is 0 Å². The molecule has 0 spiro atoms. The Hall–Kier alpha value is -0.430. The smallest absolute Gasteiger partial charge is 0.250 e. The maximum absolute atomic E-state index is 11.5. The summed E-state index contributed by atoms with van der Waals surface area (Å²) in [6, 6.07) is 3.39. The van der Waals surface area contributed by atoms with Gasteiger partial charge in [0.05, 0.1) is 6.61 Å². The number of aliphatic hydroxyl groups is 1. The molecule has 0 atom stereocenters. The zero-order valence-electron chi connectivity index (χ0n) is 7.86. The Labute approximate surface area is 87.6 Å². The van der Waals surface area contributed by atoms with Crippen LogP contribution in [0.3, 0.4) is 0 Å². The van der Waals surface area contributed by atoms with Gasteiger partial charge in [0.1, 0.15) is 4.21 Å². The van der Waals surface area contributed by atoms with E-state index in [0.29, 0.717) is 4.21 Å². The molecule has 0 fully saturated rings. The molecule has 0 saturated heterocycles. The zero-order chi connectivity index (χ0) is 10.6. The van der Waals surface area contributed by atoms with Crippen LogP contribution in [-0.4, -0.2) is 26.7 Å². The third-order valence-corrected chi connectivity index (χ3v) is 4.84. The predicted octanol–water partition coefficient (Wildman–Crippen LogP) is 0.581. The number of hydrogen-bond donors (Lipinski definition) is 2. The van der Waals surface area contributed by atoms with Crippen LogP contribution in [0, 0.1) is 0 Å². The van der Waals surface area contributed by atoms with Crippen molar-refractivity contribution in [3.8, 4) is 0 Å². The fourth-order valence-electron chi connectivity index (χ4n) is 0.944. The van der Waals surface area contributed by atoms with Gasteiger partial charge in [0.15, 0.2) is 0 Å². The van der Waals surface area contributed by atoms with E-state index in [9.17, 15) is 8.42 Å². The molecule has 0 saturated carbocycles. The summed E-state index contributed by atoms with van der Waals surface area (Å²) in [5, 5.41) is 8.50. The average molecular weight is 235 g/mol. The summed E-state index contributed by atoms with van der Waals surface area (Å²) < 4.78 is 25.6. The Morgan fingerprint density at radius 2 is 2.21 bits per heavy atom. The van der Waals surface area contributed by atoms with E-state index in [4.69, 9.17) is 5.11 Å². The van der Waals surface area contributed by atoms with Crippen LogP contribution < -0.4 is 4.72 Å². The lowest BCUT2D eigenvalue weighted by Gasteiger charge is -2.01. The first-order valence-electron chi connectivity index (χ1n) is 4.29. The van der Waals surface area contributed by atoms with Crippen LogP contribution in [0.1, 0.15) is 11.8 Å². The van der Waals surface area contributed by atoms with Crippen LogP contribution in [0.4, 0.5) is 0 Å². The summed E-state index contributed by atoms with van der Waals surface area (Å²) in [6.45, 7) is 1.84. The van der Waals surface area contributed by atoms with E-state index in [2.05, 4.69) is 4.72 Å². The molecule has 0 unspecified atom stereocenters. The molecule has 1 aromatic rings. The minimum absolute atomic E-state index is 0.0572. The van der Waals surface area contributed by atoms with E-state index in [0.717, 1.165) is 11.3 Å². The van der Waals surface area contributed by atoms with Gasteiger partial charge in [-0.05, 0) is 18.6 Å². The molecular formula is C8H13NO3S2. The lowest BCUT2D eigenvalue weighted by Crippen LogP contribution is -2.25. The van der Waals surface area contributed by atoms with Crippen molar-refractivity contribution in [3.05, 3.63) is 17.0 Å². The monoisotopic (exact) mass is 235 g/mol. The second-order valence-electron chi connectivity index (χ2n) is 2.70. The zero-order valence-corrected chi connectivity index (χ0v) is 9.49. The Kier molecular flexibility index (Phi) is 4.06. The number of thiophene rings is 1. The number of aliphatic hydroxyl groups excluding tert-OH is 1. The molecule has 80 valence electrons. The van der Waals surface area contributed by atoms with Crippen LogP contribution in [-0.2, 0) is 16.4 Å². The number of sulfonamides is 1. The quantitative estimate of drug-likeness (QED) is 0.784. The molecule has 0 aliphatic heterocycles. The fraction of sp³-hybridized carbons (Fsp3) is 0.500. The minimum Gasteiger partial charge on any atom is -0.395 e. The molecule has 0 aliphatic carbocycles. The third kappa shape index (κ3) is 2.78. The predicted molar refractivity (Wildman–Crippen MR) is 56.0 cm³/mol. The van der Waals surface area contributed by atoms with Crippen LogP contribution in [0.2, 0.25) is 0 Å². The summed E-state index contributed by atoms with van der Waals surface area (Å²) in [5.41, 5.74) is 0. The molecule has 1 rings (SSSR count). The molecule has 1 heterocycles. The van der Waals surface area contributed by atoms with Crippen LogP contribution in [0.15, 0.2) is 16.3 Å². The Morgan fingerprint density at radius 1 is 1.50 bits per heavy atom. The highest BCUT2D eigenvalue weighted by Gasteiger charge is 2.15. The second kappa shape index (κ2) is 4.88. The highest BCUT2D eigenvalue weighted by atomic mass is 32.2. The van der Waals surface area contributed by atoms with Gasteiger partial charge in [-0.25, -0.2) is 13.1 Å². The van der Waals surface area contributed by atoms with E-state index in [-0.39, 0.29) is 13.2 Å². The normalized spacial score (nSPS) is 11.9. The van der Waals surface area contributed by atoms with Gasteiger partial charge in [-0.1, -0.05) is 6.92 Å². The molecule has 0 amide bonds. The van der Waals surface area contributed by atoms with Crippen LogP contribution in [0.5, 0.6) is 0 Å².